The van der Waals surface area contributed by atoms with Crippen molar-refractivity contribution in [2.45, 2.75) is 45.1 Å². The van der Waals surface area contributed by atoms with Gasteiger partial charge in [-0.15, -0.1) is 0 Å². The van der Waals surface area contributed by atoms with Crippen LogP contribution < -0.4 is 5.32 Å². The molecule has 0 amide bonds. The highest BCUT2D eigenvalue weighted by atomic mass is 14.9. The molecule has 0 spiro atoms. The van der Waals surface area contributed by atoms with Crippen molar-refractivity contribution in [2.24, 2.45) is 0 Å². The van der Waals surface area contributed by atoms with Gasteiger partial charge in [-0.25, -0.2) is 0 Å². The number of aryl methyl sites for hydroxylation is 1. The third-order valence-corrected chi connectivity index (χ3v) is 3.16. The van der Waals surface area contributed by atoms with Crippen LogP contribution in [0.2, 0.25) is 0 Å². The van der Waals surface area contributed by atoms with Crippen molar-refractivity contribution in [2.75, 3.05) is 6.54 Å². The largest absolute Gasteiger partial charge is 0.314 e. The van der Waals surface area contributed by atoms with Crippen LogP contribution in [0.15, 0.2) is 18.3 Å². The van der Waals surface area contributed by atoms with Gasteiger partial charge in [-0.05, 0) is 43.5 Å². The number of rotatable bonds is 3. The number of piperidine rings is 1. The van der Waals surface area contributed by atoms with Gasteiger partial charge in [0.15, 0.2) is 0 Å². The molecule has 1 saturated heterocycles. The minimum absolute atomic E-state index is 0.651. The number of hydrogen-bond donors (Lipinski definition) is 1. The molecule has 15 heavy (non-hydrogen) atoms. The van der Waals surface area contributed by atoms with Gasteiger partial charge in [0, 0.05) is 24.4 Å². The SMILES string of the molecule is CCc1ccnc(CC2CCCCN2)c1. The summed E-state index contributed by atoms with van der Waals surface area (Å²) < 4.78 is 0. The highest BCUT2D eigenvalue weighted by Gasteiger charge is 2.13. The van der Waals surface area contributed by atoms with Gasteiger partial charge in [0.05, 0.1) is 0 Å². The summed E-state index contributed by atoms with van der Waals surface area (Å²) in [4.78, 5) is 4.44. The summed E-state index contributed by atoms with van der Waals surface area (Å²) >= 11 is 0. The van der Waals surface area contributed by atoms with Crippen LogP contribution in [-0.2, 0) is 12.8 Å². The fourth-order valence-corrected chi connectivity index (χ4v) is 2.21. The summed E-state index contributed by atoms with van der Waals surface area (Å²) in [7, 11) is 0. The first-order chi connectivity index (χ1) is 7.38. The Balaban J connectivity index is 1.96. The Bertz CT molecular complexity index is 303. The van der Waals surface area contributed by atoms with Crippen molar-refractivity contribution >= 4 is 0 Å². The molecule has 1 aromatic heterocycles. The smallest absolute Gasteiger partial charge is 0.0421 e. The average Bonchev–Trinajstić information content (AvgIpc) is 2.31. The van der Waals surface area contributed by atoms with Gasteiger partial charge in [-0.1, -0.05) is 13.3 Å². The Hall–Kier alpha value is -0.890. The molecule has 1 unspecified atom stereocenters. The fraction of sp³-hybridized carbons (Fsp3) is 0.615. The standard InChI is InChI=1S/C13H20N2/c1-2-11-6-8-15-13(9-11)10-12-5-3-4-7-14-12/h6,8-9,12,14H,2-5,7,10H2,1H3. The number of pyridine rings is 1. The Morgan fingerprint density at radius 2 is 2.40 bits per heavy atom. The first kappa shape index (κ1) is 10.6. The molecule has 1 fully saturated rings. The van der Waals surface area contributed by atoms with Crippen molar-refractivity contribution in [3.8, 4) is 0 Å². The normalized spacial score (nSPS) is 21.5. The van der Waals surface area contributed by atoms with Gasteiger partial charge in [0.1, 0.15) is 0 Å². The van der Waals surface area contributed by atoms with E-state index in [0.717, 1.165) is 12.8 Å². The summed E-state index contributed by atoms with van der Waals surface area (Å²) in [6.07, 6.45) is 8.14. The first-order valence-electron chi connectivity index (χ1n) is 6.05. The second-order valence-corrected chi connectivity index (χ2v) is 4.36. The van der Waals surface area contributed by atoms with Gasteiger partial charge in [-0.3, -0.25) is 4.98 Å². The van der Waals surface area contributed by atoms with Crippen LogP contribution in [0.1, 0.15) is 37.4 Å². The zero-order valence-electron chi connectivity index (χ0n) is 9.50. The lowest BCUT2D eigenvalue weighted by molar-refractivity contribution is 0.397. The summed E-state index contributed by atoms with van der Waals surface area (Å²) in [5.74, 6) is 0. The number of hydrogen-bond acceptors (Lipinski definition) is 2. The van der Waals surface area contributed by atoms with E-state index in [4.69, 9.17) is 0 Å². The number of aromatic nitrogens is 1. The van der Waals surface area contributed by atoms with Crippen LogP contribution in [0.3, 0.4) is 0 Å². The lowest BCUT2D eigenvalue weighted by Gasteiger charge is -2.23. The molecule has 1 aliphatic heterocycles. The minimum Gasteiger partial charge on any atom is -0.314 e. The summed E-state index contributed by atoms with van der Waals surface area (Å²) in [6, 6.07) is 5.01. The number of nitrogens with one attached hydrogen (secondary N) is 1. The first-order valence-corrected chi connectivity index (χ1v) is 6.05. The van der Waals surface area contributed by atoms with Crippen LogP contribution in [0.4, 0.5) is 0 Å². The van der Waals surface area contributed by atoms with Gasteiger partial charge in [-0.2, -0.15) is 0 Å². The van der Waals surface area contributed by atoms with E-state index in [0.29, 0.717) is 6.04 Å². The van der Waals surface area contributed by atoms with Gasteiger partial charge in [0.25, 0.3) is 0 Å². The molecule has 0 bridgehead atoms. The topological polar surface area (TPSA) is 24.9 Å². The molecule has 0 aromatic carbocycles. The second kappa shape index (κ2) is 5.26. The predicted octanol–water partition coefficient (Wildman–Crippen LogP) is 2.33. The lowest BCUT2D eigenvalue weighted by atomic mass is 9.99. The van der Waals surface area contributed by atoms with Gasteiger partial charge in [0.2, 0.25) is 0 Å². The van der Waals surface area contributed by atoms with Crippen molar-refractivity contribution in [3.63, 3.8) is 0 Å². The maximum absolute atomic E-state index is 4.44. The van der Waals surface area contributed by atoms with E-state index in [9.17, 15) is 0 Å². The van der Waals surface area contributed by atoms with Crippen molar-refractivity contribution < 1.29 is 0 Å². The molecule has 1 aromatic rings. The molecule has 2 heterocycles. The lowest BCUT2D eigenvalue weighted by Crippen LogP contribution is -2.35. The fourth-order valence-electron chi connectivity index (χ4n) is 2.21. The molecular weight excluding hydrogens is 184 g/mol. The molecule has 2 rings (SSSR count). The van der Waals surface area contributed by atoms with E-state index in [2.05, 4.69) is 29.4 Å². The van der Waals surface area contributed by atoms with Crippen LogP contribution in [-0.4, -0.2) is 17.6 Å². The predicted molar refractivity (Wildman–Crippen MR) is 63.0 cm³/mol. The highest BCUT2D eigenvalue weighted by molar-refractivity contribution is 5.17. The van der Waals surface area contributed by atoms with Crippen LogP contribution >= 0.6 is 0 Å². The van der Waals surface area contributed by atoms with Crippen molar-refractivity contribution in [1.82, 2.24) is 10.3 Å². The molecular formula is C13H20N2. The molecule has 1 N–H and O–H groups in total. The zero-order valence-corrected chi connectivity index (χ0v) is 9.50. The monoisotopic (exact) mass is 204 g/mol. The van der Waals surface area contributed by atoms with Crippen LogP contribution in [0.5, 0.6) is 0 Å². The maximum Gasteiger partial charge on any atom is 0.0421 e. The van der Waals surface area contributed by atoms with E-state index in [1.807, 2.05) is 6.20 Å². The maximum atomic E-state index is 4.44. The van der Waals surface area contributed by atoms with Crippen LogP contribution in [0.25, 0.3) is 0 Å². The van der Waals surface area contributed by atoms with E-state index in [1.165, 1.54) is 37.1 Å². The molecule has 0 saturated carbocycles. The second-order valence-electron chi connectivity index (χ2n) is 4.36. The summed E-state index contributed by atoms with van der Waals surface area (Å²) in [6.45, 7) is 3.37. The van der Waals surface area contributed by atoms with E-state index in [1.54, 1.807) is 0 Å². The molecule has 0 radical (unpaired) electrons. The molecule has 2 nitrogen and oxygen atoms in total. The minimum atomic E-state index is 0.651. The average molecular weight is 204 g/mol. The third kappa shape index (κ3) is 3.03. The molecule has 0 aliphatic carbocycles. The zero-order chi connectivity index (χ0) is 10.5. The third-order valence-electron chi connectivity index (χ3n) is 3.16. The Kier molecular flexibility index (Phi) is 3.73. The summed E-state index contributed by atoms with van der Waals surface area (Å²) in [5.41, 5.74) is 2.64. The summed E-state index contributed by atoms with van der Waals surface area (Å²) in [5, 5.41) is 3.57. The number of nitrogens with zero attached hydrogens (tertiary/aromatic N) is 1. The Morgan fingerprint density at radius 3 is 3.13 bits per heavy atom. The van der Waals surface area contributed by atoms with Crippen molar-refractivity contribution in [3.05, 3.63) is 29.6 Å². The Morgan fingerprint density at radius 1 is 1.47 bits per heavy atom. The van der Waals surface area contributed by atoms with E-state index in [-0.39, 0.29) is 0 Å². The van der Waals surface area contributed by atoms with Gasteiger partial charge >= 0.3 is 0 Å². The van der Waals surface area contributed by atoms with E-state index < -0.39 is 0 Å². The molecule has 1 atom stereocenters. The van der Waals surface area contributed by atoms with Gasteiger partial charge < -0.3 is 5.32 Å². The molecule has 2 heteroatoms. The Labute approximate surface area is 92.1 Å². The van der Waals surface area contributed by atoms with E-state index >= 15 is 0 Å². The molecule has 1 aliphatic rings. The molecule has 82 valence electrons. The van der Waals surface area contributed by atoms with Crippen molar-refractivity contribution in [1.29, 1.82) is 0 Å². The highest BCUT2D eigenvalue weighted by Crippen LogP contribution is 2.12. The quantitative estimate of drug-likeness (QED) is 0.817. The van der Waals surface area contributed by atoms with Crippen LogP contribution in [0, 0.1) is 0 Å².